The fraction of sp³-hybridized carbons (Fsp3) is 0.375. The molecule has 26 heavy (non-hydrogen) atoms. The van der Waals surface area contributed by atoms with Gasteiger partial charge in [0.1, 0.15) is 12.1 Å². The molecule has 0 aromatic heterocycles. The summed E-state index contributed by atoms with van der Waals surface area (Å²) >= 11 is 11.7. The molecule has 1 atom stereocenters. The Bertz CT molecular complexity index is 770. The highest BCUT2D eigenvalue weighted by Gasteiger charge is 2.47. The monoisotopic (exact) mass is 401 g/mol. The Labute approximate surface area is 159 Å². The largest absolute Gasteiger partial charge is 0.454 e. The SMILES string of the molecule is CC[C@]1(C)NC(=O)N(CC(=O)OCC(=O)Nc2cc(Cl)ccc2Cl)C1=O. The first-order valence-electron chi connectivity index (χ1n) is 7.71. The minimum absolute atomic E-state index is 0.271. The predicted octanol–water partition coefficient (Wildman–Crippen LogP) is 2.20. The van der Waals surface area contributed by atoms with E-state index >= 15 is 0 Å². The first-order chi connectivity index (χ1) is 12.2. The van der Waals surface area contributed by atoms with Crippen LogP contribution < -0.4 is 10.6 Å². The normalized spacial score (nSPS) is 19.3. The Kier molecular flexibility index (Phi) is 6.09. The number of nitrogens with zero attached hydrogens (tertiary/aromatic N) is 1. The second kappa shape index (κ2) is 7.92. The van der Waals surface area contributed by atoms with Crippen LogP contribution >= 0.6 is 23.2 Å². The summed E-state index contributed by atoms with van der Waals surface area (Å²) < 4.78 is 4.81. The molecule has 1 aromatic rings. The lowest BCUT2D eigenvalue weighted by atomic mass is 9.99. The molecule has 1 saturated heterocycles. The Morgan fingerprint density at radius 2 is 2.00 bits per heavy atom. The van der Waals surface area contributed by atoms with E-state index in [0.717, 1.165) is 4.90 Å². The summed E-state index contributed by atoms with van der Waals surface area (Å²) in [5.41, 5.74) is -0.772. The number of amides is 4. The molecule has 0 saturated carbocycles. The number of hydrogen-bond donors (Lipinski definition) is 2. The summed E-state index contributed by atoms with van der Waals surface area (Å²) in [5, 5.41) is 5.61. The van der Waals surface area contributed by atoms with Crippen LogP contribution in [0.5, 0.6) is 0 Å². The van der Waals surface area contributed by atoms with Gasteiger partial charge in [-0.25, -0.2) is 4.79 Å². The van der Waals surface area contributed by atoms with Crippen molar-refractivity contribution in [2.45, 2.75) is 25.8 Å². The van der Waals surface area contributed by atoms with E-state index in [1.54, 1.807) is 19.9 Å². The Balaban J connectivity index is 1.87. The van der Waals surface area contributed by atoms with Gasteiger partial charge in [0.25, 0.3) is 11.8 Å². The summed E-state index contributed by atoms with van der Waals surface area (Å²) in [6.07, 6.45) is 0.381. The molecule has 2 N–H and O–H groups in total. The fourth-order valence-electron chi connectivity index (χ4n) is 2.23. The maximum absolute atomic E-state index is 12.2. The predicted molar refractivity (Wildman–Crippen MR) is 95.0 cm³/mol. The van der Waals surface area contributed by atoms with Gasteiger partial charge in [0.2, 0.25) is 0 Å². The van der Waals surface area contributed by atoms with Crippen molar-refractivity contribution < 1.29 is 23.9 Å². The van der Waals surface area contributed by atoms with Gasteiger partial charge in [-0.15, -0.1) is 0 Å². The summed E-state index contributed by atoms with van der Waals surface area (Å²) in [6.45, 7) is 2.13. The van der Waals surface area contributed by atoms with Gasteiger partial charge in [0.15, 0.2) is 6.61 Å². The third-order valence-corrected chi connectivity index (χ3v) is 4.47. The van der Waals surface area contributed by atoms with E-state index in [0.29, 0.717) is 11.4 Å². The number of rotatable bonds is 6. The molecule has 0 unspecified atom stereocenters. The minimum atomic E-state index is -1.04. The second-order valence-electron chi connectivity index (χ2n) is 5.84. The van der Waals surface area contributed by atoms with E-state index in [9.17, 15) is 19.2 Å². The van der Waals surface area contributed by atoms with Crippen LogP contribution in [0.2, 0.25) is 10.0 Å². The Hall–Kier alpha value is -2.32. The van der Waals surface area contributed by atoms with Gasteiger partial charge < -0.3 is 15.4 Å². The summed E-state index contributed by atoms with van der Waals surface area (Å²) in [7, 11) is 0. The number of imide groups is 1. The quantitative estimate of drug-likeness (QED) is 0.561. The lowest BCUT2D eigenvalue weighted by Gasteiger charge is -2.18. The van der Waals surface area contributed by atoms with Crippen LogP contribution in [0.1, 0.15) is 20.3 Å². The summed E-state index contributed by atoms with van der Waals surface area (Å²) in [6, 6.07) is 3.84. The smallest absolute Gasteiger partial charge is 0.326 e. The van der Waals surface area contributed by atoms with Crippen molar-refractivity contribution >= 4 is 52.7 Å². The molecule has 1 aliphatic rings. The van der Waals surface area contributed by atoms with Gasteiger partial charge in [-0.1, -0.05) is 30.1 Å². The van der Waals surface area contributed by atoms with Crippen molar-refractivity contribution in [3.63, 3.8) is 0 Å². The highest BCUT2D eigenvalue weighted by molar-refractivity contribution is 6.35. The van der Waals surface area contributed by atoms with E-state index in [-0.39, 0.29) is 10.7 Å². The molecule has 1 aliphatic heterocycles. The average molecular weight is 402 g/mol. The van der Waals surface area contributed by atoms with Crippen molar-refractivity contribution in [3.05, 3.63) is 28.2 Å². The van der Waals surface area contributed by atoms with Gasteiger partial charge in [-0.3, -0.25) is 19.3 Å². The number of benzene rings is 1. The standard InChI is InChI=1S/C16H17Cl2N3O5/c1-3-16(2)14(24)21(15(25)20-16)7-13(23)26-8-12(22)19-11-6-9(17)4-5-10(11)18/h4-6H,3,7-8H2,1-2H3,(H,19,22)(H,20,25)/t16-/m0/s1. The molecule has 140 valence electrons. The second-order valence-corrected chi connectivity index (χ2v) is 6.68. The van der Waals surface area contributed by atoms with Gasteiger partial charge in [0, 0.05) is 5.02 Å². The first-order valence-corrected chi connectivity index (χ1v) is 8.46. The minimum Gasteiger partial charge on any atom is -0.454 e. The third kappa shape index (κ3) is 4.44. The van der Waals surface area contributed by atoms with E-state index < -0.39 is 42.5 Å². The third-order valence-electron chi connectivity index (χ3n) is 3.91. The number of esters is 1. The molecule has 10 heteroatoms. The van der Waals surface area contributed by atoms with E-state index in [2.05, 4.69) is 10.6 Å². The molecule has 0 bridgehead atoms. The Morgan fingerprint density at radius 3 is 2.62 bits per heavy atom. The molecule has 0 radical (unpaired) electrons. The van der Waals surface area contributed by atoms with Crippen LogP contribution in [0.4, 0.5) is 10.5 Å². The zero-order valence-corrected chi connectivity index (χ0v) is 15.6. The number of anilines is 1. The Morgan fingerprint density at radius 1 is 1.31 bits per heavy atom. The molecule has 1 heterocycles. The van der Waals surface area contributed by atoms with E-state index in [1.807, 2.05) is 0 Å². The average Bonchev–Trinajstić information content (AvgIpc) is 2.80. The van der Waals surface area contributed by atoms with Crippen LogP contribution in [0, 0.1) is 0 Å². The van der Waals surface area contributed by atoms with Gasteiger partial charge in [-0.2, -0.15) is 0 Å². The van der Waals surface area contributed by atoms with Crippen LogP contribution in [0.25, 0.3) is 0 Å². The zero-order valence-electron chi connectivity index (χ0n) is 14.1. The molecular formula is C16H17Cl2N3O5. The summed E-state index contributed by atoms with van der Waals surface area (Å²) in [5.74, 6) is -2.04. The number of halogens is 2. The highest BCUT2D eigenvalue weighted by atomic mass is 35.5. The number of carbonyl (C=O) groups excluding carboxylic acids is 4. The molecule has 1 aromatic carbocycles. The molecule has 4 amide bonds. The van der Waals surface area contributed by atoms with Crippen molar-refractivity contribution in [2.75, 3.05) is 18.5 Å². The van der Waals surface area contributed by atoms with Gasteiger partial charge >= 0.3 is 12.0 Å². The number of hydrogen-bond acceptors (Lipinski definition) is 5. The molecule has 0 spiro atoms. The number of ether oxygens (including phenoxy) is 1. The van der Waals surface area contributed by atoms with Crippen molar-refractivity contribution in [2.24, 2.45) is 0 Å². The number of nitrogens with one attached hydrogen (secondary N) is 2. The number of urea groups is 1. The van der Waals surface area contributed by atoms with Crippen molar-refractivity contribution in [3.8, 4) is 0 Å². The van der Waals surface area contributed by atoms with Crippen LogP contribution in [0.15, 0.2) is 18.2 Å². The lowest BCUT2D eigenvalue weighted by Crippen LogP contribution is -2.43. The maximum Gasteiger partial charge on any atom is 0.326 e. The fourth-order valence-corrected chi connectivity index (χ4v) is 2.57. The number of carbonyl (C=O) groups is 4. The maximum atomic E-state index is 12.2. The molecule has 1 fully saturated rings. The van der Waals surface area contributed by atoms with Crippen LogP contribution in [0.3, 0.4) is 0 Å². The summed E-state index contributed by atoms with van der Waals surface area (Å²) in [4.78, 5) is 48.5. The highest BCUT2D eigenvalue weighted by Crippen LogP contribution is 2.25. The lowest BCUT2D eigenvalue weighted by molar-refractivity contribution is -0.150. The molecular weight excluding hydrogens is 385 g/mol. The molecule has 8 nitrogen and oxygen atoms in total. The van der Waals surface area contributed by atoms with Crippen molar-refractivity contribution in [1.29, 1.82) is 0 Å². The first kappa shape index (κ1) is 20.0. The van der Waals surface area contributed by atoms with Crippen molar-refractivity contribution in [1.82, 2.24) is 10.2 Å². The van der Waals surface area contributed by atoms with Gasteiger partial charge in [0.05, 0.1) is 10.7 Å². The van der Waals surface area contributed by atoms with Crippen LogP contribution in [-0.2, 0) is 19.1 Å². The zero-order chi connectivity index (χ0) is 19.5. The van der Waals surface area contributed by atoms with Gasteiger partial charge in [-0.05, 0) is 31.5 Å². The topological polar surface area (TPSA) is 105 Å². The molecule has 0 aliphatic carbocycles. The van der Waals surface area contributed by atoms with E-state index in [1.165, 1.54) is 12.1 Å². The van der Waals surface area contributed by atoms with Crippen LogP contribution in [-0.4, -0.2) is 47.4 Å². The molecule has 2 rings (SSSR count). The van der Waals surface area contributed by atoms with E-state index in [4.69, 9.17) is 27.9 Å².